The molecule has 2 unspecified atom stereocenters. The zero-order valence-corrected chi connectivity index (χ0v) is 24.9. The monoisotopic (exact) mass is 582 g/mol. The van der Waals surface area contributed by atoms with Crippen molar-refractivity contribution in [3.05, 3.63) is 22.7 Å². The lowest BCUT2D eigenvalue weighted by Crippen LogP contribution is -2.50. The number of unbranched alkanes of at least 4 members (excludes halogenated alkanes) is 4. The normalized spacial score (nSPS) is 18.2. The van der Waals surface area contributed by atoms with Crippen LogP contribution in [0, 0.1) is 5.92 Å². The Morgan fingerprint density at radius 1 is 1.15 bits per heavy atom. The Morgan fingerprint density at radius 2 is 1.88 bits per heavy atom. The number of likely N-dealkylation sites (tertiary alicyclic amines) is 1. The number of nitrogens with one attached hydrogen (secondary N) is 2. The number of aliphatic carboxylic acids is 1. The molecule has 0 radical (unpaired) electrons. The van der Waals surface area contributed by atoms with E-state index < -0.39 is 5.97 Å². The number of anilines is 1. The highest BCUT2D eigenvalue weighted by atomic mass is 35.5. The molecule has 1 heterocycles. The standard InChI is InChI=1S/C29H47ClN4O6/c1-20(16-26(35)32-13-8-6-4-5-7-11-28(36)37)10-9-14-34-15-12-21(17-27(34)40-3)33-29(38)22-18-23(30)24(31)19-25(22)39-2/h18-21,27H,4-17,31H2,1-3H3,(H,32,35)(H,33,38)(H,36,37)/t20?,21-,27?/m1/s1. The third-order valence-electron chi connectivity index (χ3n) is 7.39. The van der Waals surface area contributed by atoms with Crippen molar-refractivity contribution >= 4 is 35.1 Å². The van der Waals surface area contributed by atoms with Gasteiger partial charge in [-0.1, -0.05) is 37.8 Å². The number of carbonyl (C=O) groups is 3. The van der Waals surface area contributed by atoms with Crippen LogP contribution in [0.1, 0.15) is 87.9 Å². The molecule has 0 aliphatic carbocycles. The summed E-state index contributed by atoms with van der Waals surface area (Å²) < 4.78 is 11.1. The minimum atomic E-state index is -0.742. The number of halogens is 1. The number of nitrogens with two attached hydrogens (primary N) is 1. The lowest BCUT2D eigenvalue weighted by Gasteiger charge is -2.39. The Bertz CT molecular complexity index is 963. The number of methoxy groups -OCH3 is 2. The van der Waals surface area contributed by atoms with Gasteiger partial charge in [-0.25, -0.2) is 0 Å². The number of nitrogen functional groups attached to an aromatic ring is 1. The molecule has 226 valence electrons. The molecule has 0 saturated carbocycles. The second kappa shape index (κ2) is 18.0. The van der Waals surface area contributed by atoms with E-state index in [1.807, 2.05) is 0 Å². The first-order chi connectivity index (χ1) is 19.1. The van der Waals surface area contributed by atoms with Crippen molar-refractivity contribution in [1.29, 1.82) is 0 Å². The predicted octanol–water partition coefficient (Wildman–Crippen LogP) is 4.45. The fourth-order valence-electron chi connectivity index (χ4n) is 5.08. The molecule has 2 rings (SSSR count). The minimum Gasteiger partial charge on any atom is -0.496 e. The molecule has 1 aliphatic rings. The highest BCUT2D eigenvalue weighted by Gasteiger charge is 2.30. The maximum Gasteiger partial charge on any atom is 0.303 e. The number of hydrogen-bond donors (Lipinski definition) is 4. The average molecular weight is 583 g/mol. The number of benzene rings is 1. The van der Waals surface area contributed by atoms with Crippen LogP contribution < -0.4 is 21.1 Å². The quantitative estimate of drug-likeness (QED) is 0.147. The summed E-state index contributed by atoms with van der Waals surface area (Å²) in [5, 5.41) is 15.0. The van der Waals surface area contributed by atoms with Crippen molar-refractivity contribution in [2.45, 2.75) is 89.8 Å². The summed E-state index contributed by atoms with van der Waals surface area (Å²) >= 11 is 6.12. The van der Waals surface area contributed by atoms with Gasteiger partial charge in [0.25, 0.3) is 5.91 Å². The van der Waals surface area contributed by atoms with Gasteiger partial charge in [-0.3, -0.25) is 19.3 Å². The van der Waals surface area contributed by atoms with Gasteiger partial charge in [0.2, 0.25) is 5.91 Å². The van der Waals surface area contributed by atoms with Gasteiger partial charge in [-0.2, -0.15) is 0 Å². The number of carbonyl (C=O) groups excluding carboxylic acids is 2. The number of piperidine rings is 1. The molecule has 1 aromatic carbocycles. The van der Waals surface area contributed by atoms with Gasteiger partial charge in [-0.05, 0) is 44.1 Å². The van der Waals surface area contributed by atoms with Gasteiger partial charge in [0.1, 0.15) is 12.0 Å². The lowest BCUT2D eigenvalue weighted by atomic mass is 9.99. The van der Waals surface area contributed by atoms with Gasteiger partial charge in [0.15, 0.2) is 0 Å². The summed E-state index contributed by atoms with van der Waals surface area (Å²) in [6.45, 7) is 4.45. The number of carboxylic acid groups (broad SMARTS) is 1. The van der Waals surface area contributed by atoms with Crippen molar-refractivity contribution in [3.8, 4) is 5.75 Å². The van der Waals surface area contributed by atoms with Gasteiger partial charge < -0.3 is 30.9 Å². The van der Waals surface area contributed by atoms with Crippen molar-refractivity contribution in [3.63, 3.8) is 0 Å². The van der Waals surface area contributed by atoms with Crippen LogP contribution >= 0.6 is 11.6 Å². The summed E-state index contributed by atoms with van der Waals surface area (Å²) in [6.07, 6.45) is 8.58. The van der Waals surface area contributed by atoms with E-state index >= 15 is 0 Å². The molecule has 11 heteroatoms. The summed E-state index contributed by atoms with van der Waals surface area (Å²) in [7, 11) is 3.18. The third kappa shape index (κ3) is 11.9. The molecular formula is C29H47ClN4O6. The van der Waals surface area contributed by atoms with Crippen molar-refractivity contribution < 1.29 is 29.0 Å². The number of amides is 2. The molecule has 1 saturated heterocycles. The van der Waals surface area contributed by atoms with E-state index in [0.717, 1.165) is 64.5 Å². The molecule has 1 fully saturated rings. The van der Waals surface area contributed by atoms with Gasteiger partial charge in [-0.15, -0.1) is 0 Å². The molecular weight excluding hydrogens is 536 g/mol. The van der Waals surface area contributed by atoms with Crippen LogP contribution in [0.5, 0.6) is 5.75 Å². The summed E-state index contributed by atoms with van der Waals surface area (Å²) in [6, 6.07) is 3.04. The third-order valence-corrected chi connectivity index (χ3v) is 7.72. The molecule has 0 aromatic heterocycles. The second-order valence-electron chi connectivity index (χ2n) is 10.7. The summed E-state index contributed by atoms with van der Waals surface area (Å²) in [5.41, 5.74) is 6.54. The second-order valence-corrected chi connectivity index (χ2v) is 11.1. The van der Waals surface area contributed by atoms with Crippen molar-refractivity contribution in [1.82, 2.24) is 15.5 Å². The van der Waals surface area contributed by atoms with E-state index in [1.165, 1.54) is 13.2 Å². The first-order valence-corrected chi connectivity index (χ1v) is 14.7. The van der Waals surface area contributed by atoms with Gasteiger partial charge >= 0.3 is 5.97 Å². The molecule has 10 nitrogen and oxygen atoms in total. The first-order valence-electron chi connectivity index (χ1n) is 14.3. The highest BCUT2D eigenvalue weighted by molar-refractivity contribution is 6.33. The van der Waals surface area contributed by atoms with Crippen LogP contribution in [-0.4, -0.2) is 73.9 Å². The number of rotatable bonds is 18. The smallest absolute Gasteiger partial charge is 0.303 e. The zero-order valence-electron chi connectivity index (χ0n) is 24.2. The molecule has 1 aromatic rings. The van der Waals surface area contributed by atoms with Crippen LogP contribution in [0.2, 0.25) is 5.02 Å². The maximum absolute atomic E-state index is 12.9. The fourth-order valence-corrected chi connectivity index (χ4v) is 5.24. The predicted molar refractivity (Wildman–Crippen MR) is 157 cm³/mol. The van der Waals surface area contributed by atoms with E-state index in [9.17, 15) is 14.4 Å². The van der Waals surface area contributed by atoms with E-state index in [4.69, 9.17) is 31.9 Å². The largest absolute Gasteiger partial charge is 0.496 e. The van der Waals surface area contributed by atoms with Gasteiger partial charge in [0.05, 0.1) is 23.4 Å². The Morgan fingerprint density at radius 3 is 2.58 bits per heavy atom. The van der Waals surface area contributed by atoms with Crippen molar-refractivity contribution in [2.75, 3.05) is 39.6 Å². The molecule has 3 atom stereocenters. The highest BCUT2D eigenvalue weighted by Crippen LogP contribution is 2.29. The first kappa shape index (κ1) is 33.6. The Kier molecular flexibility index (Phi) is 15.1. The minimum absolute atomic E-state index is 0.0397. The number of carboxylic acids is 1. The summed E-state index contributed by atoms with van der Waals surface area (Å²) in [4.78, 5) is 38.0. The Hall–Kier alpha value is -2.56. The number of ether oxygens (including phenoxy) is 2. The molecule has 40 heavy (non-hydrogen) atoms. The summed E-state index contributed by atoms with van der Waals surface area (Å²) in [5.74, 6) is -0.240. The van der Waals surface area contributed by atoms with E-state index in [1.54, 1.807) is 13.2 Å². The maximum atomic E-state index is 12.9. The van der Waals surface area contributed by atoms with Crippen LogP contribution in [-0.2, 0) is 14.3 Å². The van der Waals surface area contributed by atoms with Crippen LogP contribution in [0.3, 0.4) is 0 Å². The number of hydrogen-bond acceptors (Lipinski definition) is 7. The molecule has 0 bridgehead atoms. The average Bonchev–Trinajstić information content (AvgIpc) is 2.91. The van der Waals surface area contributed by atoms with Crippen LogP contribution in [0.25, 0.3) is 0 Å². The van der Waals surface area contributed by atoms with Crippen molar-refractivity contribution in [2.24, 2.45) is 5.92 Å². The number of nitrogens with zero attached hydrogens (tertiary/aromatic N) is 1. The SMILES string of the molecule is COc1cc(N)c(Cl)cc1C(=O)N[C@@H]1CCN(CCCC(C)CC(=O)NCCCCCCCC(=O)O)C(OC)C1. The molecule has 2 amide bonds. The Labute approximate surface area is 243 Å². The van der Waals surface area contributed by atoms with Gasteiger partial charge in [0, 0.05) is 58.1 Å². The lowest BCUT2D eigenvalue weighted by molar-refractivity contribution is -0.137. The van der Waals surface area contributed by atoms with Crippen LogP contribution in [0.4, 0.5) is 5.69 Å². The van der Waals surface area contributed by atoms with E-state index in [-0.39, 0.29) is 36.4 Å². The molecule has 5 N–H and O–H groups in total. The zero-order chi connectivity index (χ0) is 29.5. The van der Waals surface area contributed by atoms with E-state index in [2.05, 4.69) is 22.5 Å². The molecule has 0 spiro atoms. The Balaban J connectivity index is 1.65. The molecule has 1 aliphatic heterocycles. The van der Waals surface area contributed by atoms with Crippen LogP contribution in [0.15, 0.2) is 12.1 Å². The fraction of sp³-hybridized carbons (Fsp3) is 0.690. The van der Waals surface area contributed by atoms with E-state index in [0.29, 0.717) is 41.4 Å². The topological polar surface area (TPSA) is 143 Å².